The van der Waals surface area contributed by atoms with Gasteiger partial charge in [0.05, 0.1) is 39.6 Å². The molecule has 0 bridgehead atoms. The monoisotopic (exact) mass is 943 g/mol. The number of carboxylic acid groups (broad SMARTS) is 1. The van der Waals surface area contributed by atoms with Crippen molar-refractivity contribution in [3.05, 3.63) is 0 Å². The lowest BCUT2D eigenvalue weighted by atomic mass is 10.0. The Labute approximate surface area is 396 Å². The van der Waals surface area contributed by atoms with Gasteiger partial charge in [0.15, 0.2) is 0 Å². The van der Waals surface area contributed by atoms with Crippen LogP contribution in [0.25, 0.3) is 0 Å². The summed E-state index contributed by atoms with van der Waals surface area (Å²) in [5.74, 6) is -2.76. The zero-order chi connectivity index (χ0) is 48.6. The third kappa shape index (κ3) is 45.3. The molecule has 1 atom stereocenters. The van der Waals surface area contributed by atoms with E-state index in [0.717, 1.165) is 25.7 Å². The Morgan fingerprint density at radius 2 is 0.712 bits per heavy atom. The molecule has 0 aromatic heterocycles. The Kier molecular flexibility index (Phi) is 44.8. The lowest BCUT2D eigenvalue weighted by Gasteiger charge is -2.14. The molecule has 0 radical (unpaired) electrons. The number of aliphatic carboxylic acids is 1. The van der Waals surface area contributed by atoms with Crippen molar-refractivity contribution in [2.45, 2.75) is 180 Å². The Hall–Kier alpha value is -3.87. The van der Waals surface area contributed by atoms with E-state index in [1.165, 1.54) is 89.9 Å². The number of hydrogen-bond donors (Lipinski definition) is 7. The van der Waals surface area contributed by atoms with E-state index in [2.05, 4.69) is 38.8 Å². The maximum atomic E-state index is 12.1. The van der Waals surface area contributed by atoms with E-state index in [1.807, 2.05) is 6.92 Å². The van der Waals surface area contributed by atoms with Crippen LogP contribution in [0.1, 0.15) is 174 Å². The fourth-order valence-corrected chi connectivity index (χ4v) is 6.66. The van der Waals surface area contributed by atoms with Crippen LogP contribution in [0.15, 0.2) is 0 Å². The SMILES string of the molecule is CCCCCCCCCCCCCCCCCCC(=O)NCCCC(=O)NCCOCCOCC(=O)NCCOCCOCC(=O)NC(CCC(=O)NCCCC(=O)NCCCC)C(=O)O. The van der Waals surface area contributed by atoms with Gasteiger partial charge in [-0.25, -0.2) is 4.79 Å². The summed E-state index contributed by atoms with van der Waals surface area (Å²) in [6.07, 6.45) is 24.7. The molecule has 0 aliphatic carbocycles. The summed E-state index contributed by atoms with van der Waals surface area (Å²) in [5.41, 5.74) is 0. The van der Waals surface area contributed by atoms with Crippen LogP contribution < -0.4 is 31.9 Å². The predicted octanol–water partition coefficient (Wildman–Crippen LogP) is 5.00. The summed E-state index contributed by atoms with van der Waals surface area (Å²) >= 11 is 0. The summed E-state index contributed by atoms with van der Waals surface area (Å²) < 4.78 is 21.3. The van der Waals surface area contributed by atoms with E-state index in [0.29, 0.717) is 51.9 Å². The first-order valence-corrected chi connectivity index (χ1v) is 25.3. The molecule has 0 aromatic rings. The summed E-state index contributed by atoms with van der Waals surface area (Å²) in [6.45, 7) is 6.86. The minimum absolute atomic E-state index is 0.0479. The average molecular weight is 943 g/mol. The van der Waals surface area contributed by atoms with Gasteiger partial charge in [-0.2, -0.15) is 0 Å². The van der Waals surface area contributed by atoms with Gasteiger partial charge in [0.1, 0.15) is 19.3 Å². The van der Waals surface area contributed by atoms with Crippen molar-refractivity contribution in [1.82, 2.24) is 31.9 Å². The summed E-state index contributed by atoms with van der Waals surface area (Å²) in [7, 11) is 0. The summed E-state index contributed by atoms with van der Waals surface area (Å²) in [5, 5.41) is 25.5. The van der Waals surface area contributed by atoms with E-state index in [1.54, 1.807) is 0 Å². The van der Waals surface area contributed by atoms with Crippen molar-refractivity contribution in [1.29, 1.82) is 0 Å². The fraction of sp³-hybridized carbons (Fsp3) is 0.854. The van der Waals surface area contributed by atoms with Crippen molar-refractivity contribution >= 4 is 41.4 Å². The van der Waals surface area contributed by atoms with Gasteiger partial charge in [0.2, 0.25) is 35.4 Å². The minimum Gasteiger partial charge on any atom is -0.480 e. The molecular weight excluding hydrogens is 853 g/mol. The van der Waals surface area contributed by atoms with Crippen LogP contribution in [-0.4, -0.2) is 138 Å². The molecule has 0 rings (SSSR count). The molecule has 0 fully saturated rings. The zero-order valence-corrected chi connectivity index (χ0v) is 40.9. The molecule has 0 heterocycles. The number of carboxylic acids is 1. The Bertz CT molecular complexity index is 1260. The number of carbonyl (C=O) groups is 7. The highest BCUT2D eigenvalue weighted by Gasteiger charge is 2.21. The molecule has 384 valence electrons. The predicted molar refractivity (Wildman–Crippen MR) is 255 cm³/mol. The van der Waals surface area contributed by atoms with Gasteiger partial charge in [-0.1, -0.05) is 117 Å². The second-order valence-electron chi connectivity index (χ2n) is 16.7. The van der Waals surface area contributed by atoms with Crippen LogP contribution in [-0.2, 0) is 52.5 Å². The lowest BCUT2D eigenvalue weighted by Crippen LogP contribution is -2.43. The van der Waals surface area contributed by atoms with Gasteiger partial charge < -0.3 is 56.0 Å². The van der Waals surface area contributed by atoms with E-state index in [9.17, 15) is 38.7 Å². The third-order valence-corrected chi connectivity index (χ3v) is 10.6. The molecule has 1 unspecified atom stereocenters. The maximum Gasteiger partial charge on any atom is 0.326 e. The number of rotatable bonds is 49. The molecular formula is C48H90N6O12. The highest BCUT2D eigenvalue weighted by Crippen LogP contribution is 2.14. The summed E-state index contributed by atoms with van der Waals surface area (Å²) in [6, 6.07) is -1.26. The second kappa shape index (κ2) is 47.6. The van der Waals surface area contributed by atoms with Crippen LogP contribution in [0.4, 0.5) is 0 Å². The van der Waals surface area contributed by atoms with Crippen LogP contribution in [0.3, 0.4) is 0 Å². The van der Waals surface area contributed by atoms with Gasteiger partial charge in [0, 0.05) is 58.4 Å². The second-order valence-corrected chi connectivity index (χ2v) is 16.7. The number of ether oxygens (including phenoxy) is 4. The van der Waals surface area contributed by atoms with Gasteiger partial charge >= 0.3 is 5.97 Å². The Morgan fingerprint density at radius 1 is 0.364 bits per heavy atom. The van der Waals surface area contributed by atoms with Crippen LogP contribution in [0.2, 0.25) is 0 Å². The zero-order valence-electron chi connectivity index (χ0n) is 40.9. The fourth-order valence-electron chi connectivity index (χ4n) is 6.66. The molecule has 18 heteroatoms. The standard InChI is InChI=1S/C48H90N6O12/c1-3-5-7-8-9-10-11-12-13-14-15-16-17-18-19-20-23-42(55)50-29-22-25-44(57)52-31-33-63-35-37-65-39-46(59)53-32-34-64-36-38-66-40-47(60)54-41(48(61)62)26-27-45(58)51-30-21-24-43(56)49-28-6-4-2/h41H,3-40H2,1-2H3,(H,49,56)(H,50,55)(H,51,58)(H,52,57)(H,53,59)(H,54,60)(H,61,62). The van der Waals surface area contributed by atoms with Gasteiger partial charge in [0.25, 0.3) is 0 Å². The van der Waals surface area contributed by atoms with Crippen molar-refractivity contribution < 1.29 is 57.6 Å². The third-order valence-electron chi connectivity index (χ3n) is 10.6. The molecule has 66 heavy (non-hydrogen) atoms. The van der Waals surface area contributed by atoms with Crippen molar-refractivity contribution in [3.8, 4) is 0 Å². The molecule has 18 nitrogen and oxygen atoms in total. The average Bonchev–Trinajstić information content (AvgIpc) is 3.29. The Morgan fingerprint density at radius 3 is 1.17 bits per heavy atom. The van der Waals surface area contributed by atoms with Gasteiger partial charge in [-0.15, -0.1) is 0 Å². The van der Waals surface area contributed by atoms with Gasteiger partial charge in [-0.05, 0) is 32.1 Å². The quantitative estimate of drug-likeness (QED) is 0.0399. The van der Waals surface area contributed by atoms with E-state index in [4.69, 9.17) is 18.9 Å². The van der Waals surface area contributed by atoms with Crippen LogP contribution >= 0.6 is 0 Å². The molecule has 0 aliphatic rings. The van der Waals surface area contributed by atoms with Crippen molar-refractivity contribution in [3.63, 3.8) is 0 Å². The molecule has 6 amide bonds. The highest BCUT2D eigenvalue weighted by atomic mass is 16.5. The normalized spacial score (nSPS) is 11.4. The highest BCUT2D eigenvalue weighted by molar-refractivity contribution is 5.85. The number of amides is 6. The number of unbranched alkanes of at least 4 members (excludes halogenated alkanes) is 16. The lowest BCUT2D eigenvalue weighted by molar-refractivity contribution is -0.143. The van der Waals surface area contributed by atoms with Crippen molar-refractivity contribution in [2.75, 3.05) is 85.6 Å². The first-order valence-electron chi connectivity index (χ1n) is 25.3. The topological polar surface area (TPSA) is 249 Å². The summed E-state index contributed by atoms with van der Waals surface area (Å²) in [4.78, 5) is 83.6. The smallest absolute Gasteiger partial charge is 0.326 e. The first-order chi connectivity index (χ1) is 32.1. The number of hydrogen-bond acceptors (Lipinski definition) is 11. The molecule has 0 saturated heterocycles. The van der Waals surface area contributed by atoms with Crippen LogP contribution in [0, 0.1) is 0 Å². The minimum atomic E-state index is -1.28. The van der Waals surface area contributed by atoms with Crippen molar-refractivity contribution in [2.24, 2.45) is 0 Å². The van der Waals surface area contributed by atoms with Crippen LogP contribution in [0.5, 0.6) is 0 Å². The first kappa shape index (κ1) is 62.1. The largest absolute Gasteiger partial charge is 0.480 e. The molecule has 0 aromatic carbocycles. The van der Waals surface area contributed by atoms with Gasteiger partial charge in [-0.3, -0.25) is 28.8 Å². The molecule has 0 spiro atoms. The number of carbonyl (C=O) groups excluding carboxylic acids is 6. The maximum absolute atomic E-state index is 12.1. The van der Waals surface area contributed by atoms with E-state index in [-0.39, 0.29) is 102 Å². The Balaban J connectivity index is 3.59. The molecule has 7 N–H and O–H groups in total. The van der Waals surface area contributed by atoms with E-state index >= 15 is 0 Å². The molecule has 0 aliphatic heterocycles. The number of nitrogens with one attached hydrogen (secondary N) is 6. The van der Waals surface area contributed by atoms with E-state index < -0.39 is 24.5 Å². The molecule has 0 saturated carbocycles.